The highest BCUT2D eigenvalue weighted by Crippen LogP contribution is 2.34. The van der Waals surface area contributed by atoms with Crippen molar-refractivity contribution in [2.24, 2.45) is 29.6 Å². The molecule has 5 unspecified atom stereocenters. The van der Waals surface area contributed by atoms with Crippen molar-refractivity contribution in [3.8, 4) is 0 Å². The van der Waals surface area contributed by atoms with Crippen molar-refractivity contribution < 1.29 is 30.0 Å². The number of carbonyl (C=O) groups excluding carboxylic acids is 1. The normalized spacial score (nSPS) is 42.0. The first-order chi connectivity index (χ1) is 16.6. The van der Waals surface area contributed by atoms with Crippen LogP contribution >= 0.6 is 11.8 Å². The smallest absolute Gasteiger partial charge is 0.237 e. The summed E-state index contributed by atoms with van der Waals surface area (Å²) in [7, 11) is 0. The third kappa shape index (κ3) is 7.43. The van der Waals surface area contributed by atoms with E-state index in [0.717, 1.165) is 25.8 Å². The van der Waals surface area contributed by atoms with Gasteiger partial charge in [0.1, 0.15) is 29.9 Å². The SMILES string of the molecule is CC(C)C[C@H](CCO)C[C@H]1CN[C@H](C(=O)N[C@@H]2C[C@H](C)/C=C/CSC3OC2C(O)C(O)C3O)[C@@H]1C. The van der Waals surface area contributed by atoms with Crippen LogP contribution in [0.2, 0.25) is 0 Å². The van der Waals surface area contributed by atoms with Gasteiger partial charge >= 0.3 is 0 Å². The minimum absolute atomic E-state index is 0.124. The number of amides is 1. The minimum atomic E-state index is -1.33. The molecule has 3 heterocycles. The fourth-order valence-electron chi connectivity index (χ4n) is 5.97. The molecule has 0 aliphatic carbocycles. The molecule has 8 nitrogen and oxygen atoms in total. The summed E-state index contributed by atoms with van der Waals surface area (Å²) in [6.45, 7) is 9.52. The molecule has 0 aromatic heterocycles. The van der Waals surface area contributed by atoms with Crippen LogP contribution in [0.4, 0.5) is 0 Å². The van der Waals surface area contributed by atoms with Gasteiger partial charge in [-0.05, 0) is 61.8 Å². The molecule has 3 rings (SSSR count). The number of allylic oxidation sites excluding steroid dienone is 1. The summed E-state index contributed by atoms with van der Waals surface area (Å²) in [5.41, 5.74) is -0.673. The Bertz CT molecular complexity index is 709. The van der Waals surface area contributed by atoms with E-state index in [1.54, 1.807) is 0 Å². The quantitative estimate of drug-likeness (QED) is 0.267. The topological polar surface area (TPSA) is 131 Å². The predicted octanol–water partition coefficient (Wildman–Crippen LogP) is 1.27. The van der Waals surface area contributed by atoms with E-state index < -0.39 is 35.9 Å². The molecule has 2 bridgehead atoms. The molecular weight excluding hydrogens is 468 g/mol. The van der Waals surface area contributed by atoms with Gasteiger partial charge in [0.05, 0.1) is 12.1 Å². The monoisotopic (exact) mass is 514 g/mol. The predicted molar refractivity (Wildman–Crippen MR) is 138 cm³/mol. The molecule has 1 amide bonds. The number of aliphatic hydroxyl groups is 4. The maximum Gasteiger partial charge on any atom is 0.237 e. The number of hydrogen-bond acceptors (Lipinski definition) is 8. The van der Waals surface area contributed by atoms with Crippen molar-refractivity contribution in [1.29, 1.82) is 0 Å². The van der Waals surface area contributed by atoms with Gasteiger partial charge in [0.15, 0.2) is 0 Å². The molecule has 0 aromatic carbocycles. The first-order valence-corrected chi connectivity index (χ1v) is 14.3. The fraction of sp³-hybridized carbons (Fsp3) is 0.885. The van der Waals surface area contributed by atoms with E-state index >= 15 is 0 Å². The molecule has 2 saturated heterocycles. The zero-order valence-corrected chi connectivity index (χ0v) is 22.4. The van der Waals surface area contributed by atoms with E-state index in [-0.39, 0.29) is 30.4 Å². The average Bonchev–Trinajstić information content (AvgIpc) is 3.15. The number of thioether (sulfide) groups is 1. The van der Waals surface area contributed by atoms with Crippen LogP contribution in [0, 0.1) is 29.6 Å². The van der Waals surface area contributed by atoms with Gasteiger partial charge in [-0.25, -0.2) is 0 Å². The maximum absolute atomic E-state index is 13.4. The molecule has 0 spiro atoms. The van der Waals surface area contributed by atoms with Crippen LogP contribution in [0.3, 0.4) is 0 Å². The summed E-state index contributed by atoms with van der Waals surface area (Å²) in [5, 5.41) is 47.6. The lowest BCUT2D eigenvalue weighted by Crippen LogP contribution is -2.64. The van der Waals surface area contributed by atoms with Crippen LogP contribution in [-0.4, -0.2) is 87.2 Å². The summed E-state index contributed by atoms with van der Waals surface area (Å²) < 4.78 is 6.06. The highest BCUT2D eigenvalue weighted by atomic mass is 32.2. The van der Waals surface area contributed by atoms with Crippen molar-refractivity contribution in [1.82, 2.24) is 10.6 Å². The van der Waals surface area contributed by atoms with Gasteiger partial charge in [0.25, 0.3) is 0 Å². The van der Waals surface area contributed by atoms with Gasteiger partial charge in [0, 0.05) is 12.4 Å². The standard InChI is InChI=1S/C26H46N2O6S/c1-14(2)10-17(7-8-29)12-18-13-27-20(16(18)4)25(33)28-19-11-15(3)6-5-9-35-26-23(32)21(30)22(31)24(19)34-26/h5-6,14-24,26-27,29-32H,7-13H2,1-4H3,(H,28,33)/b6-5+/t15-,16-,17+,18+,19-,20+,21?,22?,23?,24?,26?/m1/s1. The lowest BCUT2D eigenvalue weighted by atomic mass is 9.80. The third-order valence-electron chi connectivity index (χ3n) is 7.91. The lowest BCUT2D eigenvalue weighted by molar-refractivity contribution is -0.206. The first kappa shape index (κ1) is 28.9. The Hall–Kier alpha value is -0.680. The summed E-state index contributed by atoms with van der Waals surface area (Å²) in [5.74, 6) is 2.15. The van der Waals surface area contributed by atoms with Crippen LogP contribution in [0.5, 0.6) is 0 Å². The largest absolute Gasteiger partial charge is 0.396 e. The Labute approximate surface area is 214 Å². The van der Waals surface area contributed by atoms with Crippen molar-refractivity contribution in [3.05, 3.63) is 12.2 Å². The van der Waals surface area contributed by atoms with Gasteiger partial charge in [-0.3, -0.25) is 4.79 Å². The number of fused-ring (bicyclic) bond motifs is 2. The molecule has 2 fully saturated rings. The van der Waals surface area contributed by atoms with Gasteiger partial charge in [-0.15, -0.1) is 11.8 Å². The number of carbonyl (C=O) groups is 1. The Balaban J connectivity index is 1.69. The fourth-order valence-corrected chi connectivity index (χ4v) is 6.95. The third-order valence-corrected chi connectivity index (χ3v) is 9.01. The zero-order valence-electron chi connectivity index (χ0n) is 21.5. The molecule has 3 aliphatic rings. The molecule has 35 heavy (non-hydrogen) atoms. The van der Waals surface area contributed by atoms with Crippen molar-refractivity contribution >= 4 is 17.7 Å². The Kier molecular flexibility index (Phi) is 10.9. The number of rotatable bonds is 8. The summed E-state index contributed by atoms with van der Waals surface area (Å²) >= 11 is 1.38. The van der Waals surface area contributed by atoms with Crippen LogP contribution in [0.15, 0.2) is 12.2 Å². The van der Waals surface area contributed by atoms with Gasteiger partial charge in [-0.2, -0.15) is 0 Å². The Morgan fingerprint density at radius 3 is 2.63 bits per heavy atom. The van der Waals surface area contributed by atoms with Crippen LogP contribution in [-0.2, 0) is 9.53 Å². The highest BCUT2D eigenvalue weighted by Gasteiger charge is 2.48. The molecule has 0 radical (unpaired) electrons. The summed E-state index contributed by atoms with van der Waals surface area (Å²) in [6.07, 6.45) is 2.88. The number of ether oxygens (including phenoxy) is 1. The number of hydrogen-bond donors (Lipinski definition) is 6. The summed E-state index contributed by atoms with van der Waals surface area (Å²) in [4.78, 5) is 13.4. The Morgan fingerprint density at radius 2 is 1.94 bits per heavy atom. The lowest BCUT2D eigenvalue weighted by Gasteiger charge is -2.44. The van der Waals surface area contributed by atoms with Gasteiger partial charge < -0.3 is 35.8 Å². The number of nitrogens with one attached hydrogen (secondary N) is 2. The zero-order chi connectivity index (χ0) is 25.7. The molecule has 9 heteroatoms. The van der Waals surface area contributed by atoms with Gasteiger partial charge in [-0.1, -0.05) is 39.8 Å². The van der Waals surface area contributed by atoms with Crippen LogP contribution in [0.25, 0.3) is 0 Å². The summed E-state index contributed by atoms with van der Waals surface area (Å²) in [6, 6.07) is -0.854. The van der Waals surface area contributed by atoms with Crippen molar-refractivity contribution in [2.45, 2.75) is 95.3 Å². The molecule has 0 aromatic rings. The molecule has 202 valence electrons. The van der Waals surface area contributed by atoms with Crippen molar-refractivity contribution in [2.75, 3.05) is 18.9 Å². The second-order valence-electron chi connectivity index (χ2n) is 11.3. The van der Waals surface area contributed by atoms with E-state index in [9.17, 15) is 25.2 Å². The second kappa shape index (κ2) is 13.2. The first-order valence-electron chi connectivity index (χ1n) is 13.2. The average molecular weight is 515 g/mol. The van der Waals surface area contributed by atoms with E-state index in [1.807, 2.05) is 6.08 Å². The van der Waals surface area contributed by atoms with Crippen LogP contribution < -0.4 is 10.6 Å². The van der Waals surface area contributed by atoms with E-state index in [2.05, 4.69) is 44.4 Å². The van der Waals surface area contributed by atoms with E-state index in [1.165, 1.54) is 11.8 Å². The maximum atomic E-state index is 13.4. The number of aliphatic hydroxyl groups excluding tert-OH is 4. The Morgan fingerprint density at radius 1 is 1.20 bits per heavy atom. The van der Waals surface area contributed by atoms with E-state index in [4.69, 9.17) is 4.74 Å². The molecule has 6 N–H and O–H groups in total. The second-order valence-corrected chi connectivity index (χ2v) is 12.4. The molecular formula is C26H46N2O6S. The van der Waals surface area contributed by atoms with Gasteiger partial charge in [0.2, 0.25) is 5.91 Å². The van der Waals surface area contributed by atoms with Crippen molar-refractivity contribution in [3.63, 3.8) is 0 Å². The molecule has 0 saturated carbocycles. The molecule has 3 aliphatic heterocycles. The minimum Gasteiger partial charge on any atom is -0.396 e. The molecule has 11 atom stereocenters. The van der Waals surface area contributed by atoms with E-state index in [0.29, 0.717) is 29.9 Å². The highest BCUT2D eigenvalue weighted by molar-refractivity contribution is 7.99. The van der Waals surface area contributed by atoms with Crippen LogP contribution in [0.1, 0.15) is 53.4 Å².